The molecule has 38 heavy (non-hydrogen) atoms. The second kappa shape index (κ2) is 9.67. The minimum absolute atomic E-state index is 0.0376. The third-order valence-corrected chi connectivity index (χ3v) is 10.4. The van der Waals surface area contributed by atoms with Crippen molar-refractivity contribution in [3.05, 3.63) is 51.3 Å². The predicted molar refractivity (Wildman–Crippen MR) is 146 cm³/mol. The highest BCUT2D eigenvalue weighted by Gasteiger charge is 2.63. The van der Waals surface area contributed by atoms with E-state index in [1.165, 1.54) is 0 Å². The Balaban J connectivity index is 1.39. The molecule has 1 amide bonds. The SMILES string of the molecule is Cc1c(C(=O)N(CC(=O)c2c(Cl)cccc2Cl)[C@H]2C[C@@H]3[C@H](C2)C3(C)C)cnn1[C@H]1CC[C@](C)(C(=O)O)CC1. The molecule has 3 fully saturated rings. The third-order valence-electron chi connectivity index (χ3n) is 9.79. The Hall–Kier alpha value is -2.38. The lowest BCUT2D eigenvalue weighted by Gasteiger charge is -2.34. The van der Waals surface area contributed by atoms with Gasteiger partial charge in [0.05, 0.1) is 45.4 Å². The average molecular weight is 561 g/mol. The molecule has 3 atom stereocenters. The second-order valence-corrected chi connectivity index (χ2v) is 13.1. The summed E-state index contributed by atoms with van der Waals surface area (Å²) in [6.45, 7) is 8.12. The molecule has 3 saturated carbocycles. The van der Waals surface area contributed by atoms with E-state index in [2.05, 4.69) is 18.9 Å². The van der Waals surface area contributed by atoms with Crippen LogP contribution >= 0.6 is 23.2 Å². The van der Waals surface area contributed by atoms with Gasteiger partial charge in [-0.05, 0) is 81.8 Å². The van der Waals surface area contributed by atoms with Crippen molar-refractivity contribution in [2.24, 2.45) is 22.7 Å². The Labute approximate surface area is 233 Å². The van der Waals surface area contributed by atoms with E-state index >= 15 is 0 Å². The van der Waals surface area contributed by atoms with E-state index in [0.717, 1.165) is 18.5 Å². The van der Waals surface area contributed by atoms with Crippen molar-refractivity contribution >= 4 is 40.9 Å². The van der Waals surface area contributed by atoms with Crippen LogP contribution in [0.1, 0.15) is 91.7 Å². The van der Waals surface area contributed by atoms with Crippen molar-refractivity contribution in [1.29, 1.82) is 0 Å². The summed E-state index contributed by atoms with van der Waals surface area (Å²) in [5.41, 5.74) is 1.04. The number of aromatic nitrogens is 2. The lowest BCUT2D eigenvalue weighted by molar-refractivity contribution is -0.150. The van der Waals surface area contributed by atoms with E-state index < -0.39 is 11.4 Å². The smallest absolute Gasteiger partial charge is 0.309 e. The molecule has 0 saturated heterocycles. The van der Waals surface area contributed by atoms with Crippen LogP contribution in [0, 0.1) is 29.6 Å². The topological polar surface area (TPSA) is 92.5 Å². The number of rotatable bonds is 7. The van der Waals surface area contributed by atoms with Crippen molar-refractivity contribution in [3.63, 3.8) is 0 Å². The fourth-order valence-electron chi connectivity index (χ4n) is 6.95. The number of carboxylic acid groups (broad SMARTS) is 1. The molecule has 7 nitrogen and oxygen atoms in total. The largest absolute Gasteiger partial charge is 0.481 e. The van der Waals surface area contributed by atoms with Gasteiger partial charge in [0.25, 0.3) is 5.91 Å². The van der Waals surface area contributed by atoms with Gasteiger partial charge in [0, 0.05) is 11.7 Å². The van der Waals surface area contributed by atoms with Crippen LogP contribution in [-0.2, 0) is 4.79 Å². The fraction of sp³-hybridized carbons (Fsp3) is 0.586. The Morgan fingerprint density at radius 2 is 1.66 bits per heavy atom. The van der Waals surface area contributed by atoms with E-state index in [1.54, 1.807) is 36.2 Å². The van der Waals surface area contributed by atoms with Gasteiger partial charge in [-0.1, -0.05) is 43.1 Å². The Morgan fingerprint density at radius 1 is 1.08 bits per heavy atom. The number of carbonyl (C=O) groups excluding carboxylic acids is 2. The zero-order chi connectivity index (χ0) is 27.6. The van der Waals surface area contributed by atoms with Crippen LogP contribution < -0.4 is 0 Å². The number of benzene rings is 1. The Kier molecular flexibility index (Phi) is 6.92. The molecular formula is C29H35Cl2N3O4. The van der Waals surface area contributed by atoms with Crippen LogP contribution in [0.25, 0.3) is 0 Å². The summed E-state index contributed by atoms with van der Waals surface area (Å²) in [6.07, 6.45) is 5.85. The molecule has 3 aliphatic carbocycles. The lowest BCUT2D eigenvalue weighted by atomic mass is 9.74. The molecule has 0 radical (unpaired) electrons. The molecule has 2 aromatic rings. The third kappa shape index (κ3) is 4.56. The number of carbonyl (C=O) groups is 3. The lowest BCUT2D eigenvalue weighted by Crippen LogP contribution is -2.43. The quantitative estimate of drug-likeness (QED) is 0.392. The molecule has 204 valence electrons. The van der Waals surface area contributed by atoms with Crippen LogP contribution in [0.5, 0.6) is 0 Å². The van der Waals surface area contributed by atoms with Crippen molar-refractivity contribution in [1.82, 2.24) is 14.7 Å². The highest BCUT2D eigenvalue weighted by Crippen LogP contribution is 2.67. The standard InChI is InChI=1S/C29H35Cl2N3O4/c1-16-19(14-32-34(16)17-8-10-29(4,11-9-17)27(37)38)26(36)33(18-12-20-21(13-18)28(20,2)3)15-24(35)25-22(30)6-5-7-23(25)31/h5-7,14,17-18,20-21H,8-13,15H2,1-4H3,(H,37,38)/t17-,18-,20+,21-,29-. The number of amides is 1. The van der Waals surface area contributed by atoms with Gasteiger partial charge in [0.1, 0.15) is 0 Å². The highest BCUT2D eigenvalue weighted by atomic mass is 35.5. The first kappa shape index (κ1) is 27.2. The Bertz CT molecular complexity index is 1260. The molecule has 1 heterocycles. The minimum atomic E-state index is -0.763. The summed E-state index contributed by atoms with van der Waals surface area (Å²) in [5, 5.41) is 14.7. The number of nitrogens with zero attached hydrogens (tertiary/aromatic N) is 3. The monoisotopic (exact) mass is 559 g/mol. The Morgan fingerprint density at radius 3 is 2.21 bits per heavy atom. The van der Waals surface area contributed by atoms with Crippen LogP contribution in [0.3, 0.4) is 0 Å². The van der Waals surface area contributed by atoms with Gasteiger partial charge < -0.3 is 10.0 Å². The van der Waals surface area contributed by atoms with Crippen LogP contribution in [-0.4, -0.2) is 50.0 Å². The molecule has 3 aliphatic rings. The number of hydrogen-bond donors (Lipinski definition) is 1. The zero-order valence-corrected chi connectivity index (χ0v) is 23.8. The number of carboxylic acids is 1. The van der Waals surface area contributed by atoms with Crippen LogP contribution in [0.2, 0.25) is 10.0 Å². The number of hydrogen-bond acceptors (Lipinski definition) is 4. The van der Waals surface area contributed by atoms with Crippen LogP contribution in [0.4, 0.5) is 0 Å². The van der Waals surface area contributed by atoms with Crippen LogP contribution in [0.15, 0.2) is 24.4 Å². The number of aliphatic carboxylic acids is 1. The molecular weight excluding hydrogens is 525 g/mol. The second-order valence-electron chi connectivity index (χ2n) is 12.3. The summed E-state index contributed by atoms with van der Waals surface area (Å²) in [4.78, 5) is 40.8. The summed E-state index contributed by atoms with van der Waals surface area (Å²) in [6, 6.07) is 4.96. The predicted octanol–water partition coefficient (Wildman–Crippen LogP) is 6.46. The summed E-state index contributed by atoms with van der Waals surface area (Å²) >= 11 is 12.7. The van der Waals surface area contributed by atoms with Gasteiger partial charge in [-0.2, -0.15) is 5.10 Å². The van der Waals surface area contributed by atoms with E-state index in [1.807, 2.05) is 11.6 Å². The van der Waals surface area contributed by atoms with Gasteiger partial charge in [-0.25, -0.2) is 0 Å². The van der Waals surface area contributed by atoms with Gasteiger partial charge in [0.2, 0.25) is 0 Å². The number of ketones is 1. The van der Waals surface area contributed by atoms with Crippen molar-refractivity contribution < 1.29 is 19.5 Å². The number of halogens is 2. The molecule has 1 aromatic carbocycles. The highest BCUT2D eigenvalue weighted by molar-refractivity contribution is 6.40. The molecule has 0 aliphatic heterocycles. The molecule has 9 heteroatoms. The van der Waals surface area contributed by atoms with Gasteiger partial charge in [0.15, 0.2) is 5.78 Å². The molecule has 0 spiro atoms. The zero-order valence-electron chi connectivity index (χ0n) is 22.3. The summed E-state index contributed by atoms with van der Waals surface area (Å²) in [7, 11) is 0. The first-order chi connectivity index (χ1) is 17.8. The minimum Gasteiger partial charge on any atom is -0.481 e. The van der Waals surface area contributed by atoms with E-state index in [0.29, 0.717) is 43.1 Å². The maximum atomic E-state index is 14.0. The van der Waals surface area contributed by atoms with E-state index in [4.69, 9.17) is 23.2 Å². The van der Waals surface area contributed by atoms with Crippen molar-refractivity contribution in [2.75, 3.05) is 6.54 Å². The first-order valence-corrected chi connectivity index (χ1v) is 14.2. The maximum absolute atomic E-state index is 14.0. The first-order valence-electron chi connectivity index (χ1n) is 13.4. The maximum Gasteiger partial charge on any atom is 0.309 e. The molecule has 1 N–H and O–H groups in total. The fourth-order valence-corrected chi connectivity index (χ4v) is 7.56. The van der Waals surface area contributed by atoms with Crippen molar-refractivity contribution in [2.45, 2.75) is 78.3 Å². The molecule has 1 aromatic heterocycles. The average Bonchev–Trinajstić information content (AvgIpc) is 3.24. The normalized spacial score (nSPS) is 29.5. The molecule has 0 bridgehead atoms. The van der Waals surface area contributed by atoms with Crippen molar-refractivity contribution in [3.8, 4) is 0 Å². The van der Waals surface area contributed by atoms with Gasteiger partial charge in [-0.15, -0.1) is 0 Å². The van der Waals surface area contributed by atoms with E-state index in [9.17, 15) is 19.5 Å². The molecule has 5 rings (SSSR count). The van der Waals surface area contributed by atoms with Gasteiger partial charge in [-0.3, -0.25) is 19.1 Å². The summed E-state index contributed by atoms with van der Waals surface area (Å²) in [5.74, 6) is -0.145. The van der Waals surface area contributed by atoms with E-state index in [-0.39, 0.29) is 51.3 Å². The summed E-state index contributed by atoms with van der Waals surface area (Å²) < 4.78 is 1.87. The number of Topliss-reactive ketones (excluding diaryl/α,β-unsaturated/α-hetero) is 1. The van der Waals surface area contributed by atoms with Gasteiger partial charge >= 0.3 is 5.97 Å². The molecule has 0 unspecified atom stereocenters. The number of fused-ring (bicyclic) bond motifs is 1.